The Bertz CT molecular complexity index is 431. The Labute approximate surface area is 68.8 Å². The zero-order valence-electron chi connectivity index (χ0n) is 5.92. The second kappa shape index (κ2) is 2.70. The molecule has 1 rings (SSSR count). The zero-order valence-corrected chi connectivity index (χ0v) is 5.92. The van der Waals surface area contributed by atoms with E-state index in [1.807, 2.05) is 0 Å². The Morgan fingerprint density at radius 2 is 1.75 bits per heavy atom. The van der Waals surface area contributed by atoms with Crippen LogP contribution < -0.4 is 0 Å². The molecule has 12 heavy (non-hydrogen) atoms. The van der Waals surface area contributed by atoms with Gasteiger partial charge in [0.1, 0.15) is 18.2 Å². The maximum atomic E-state index is 8.51. The van der Waals surface area contributed by atoms with Gasteiger partial charge < -0.3 is 0 Å². The van der Waals surface area contributed by atoms with E-state index >= 15 is 0 Å². The Morgan fingerprint density at radius 3 is 2.08 bits per heavy atom. The maximum Gasteiger partial charge on any atom is 0.103 e. The SMILES string of the molecule is N#CC1=CC(C#N)=C(C#N)C1=N. The van der Waals surface area contributed by atoms with Crippen molar-refractivity contribution in [3.8, 4) is 18.2 Å². The van der Waals surface area contributed by atoms with Crippen LogP contribution in [-0.2, 0) is 0 Å². The lowest BCUT2D eigenvalue weighted by molar-refractivity contribution is 1.45. The molecule has 1 aliphatic rings. The average molecular weight is 154 g/mol. The second-order valence-corrected chi connectivity index (χ2v) is 2.06. The van der Waals surface area contributed by atoms with Gasteiger partial charge in [0.15, 0.2) is 0 Å². The molecule has 0 saturated carbocycles. The van der Waals surface area contributed by atoms with Gasteiger partial charge in [-0.25, -0.2) is 0 Å². The summed E-state index contributed by atoms with van der Waals surface area (Å²) in [5.74, 6) is 0. The third kappa shape index (κ3) is 0.868. The minimum atomic E-state index is -0.156. The molecule has 54 valence electrons. The predicted molar refractivity (Wildman–Crippen MR) is 39.7 cm³/mol. The molecule has 0 amide bonds. The quantitative estimate of drug-likeness (QED) is 0.559. The first-order valence-electron chi connectivity index (χ1n) is 3.00. The van der Waals surface area contributed by atoms with Crippen molar-refractivity contribution in [1.82, 2.24) is 0 Å². The molecule has 0 aliphatic heterocycles. The molecule has 0 aromatic carbocycles. The predicted octanol–water partition coefficient (Wildman–Crippen LogP) is 0.814. The summed E-state index contributed by atoms with van der Waals surface area (Å²) in [6.07, 6.45) is 1.25. The molecule has 0 spiro atoms. The van der Waals surface area contributed by atoms with Gasteiger partial charge in [-0.05, 0) is 6.08 Å². The summed E-state index contributed by atoms with van der Waals surface area (Å²) in [7, 11) is 0. The first kappa shape index (κ1) is 7.72. The van der Waals surface area contributed by atoms with Gasteiger partial charge in [-0.15, -0.1) is 0 Å². The first-order chi connectivity index (χ1) is 5.74. The van der Waals surface area contributed by atoms with Gasteiger partial charge >= 0.3 is 0 Å². The monoisotopic (exact) mass is 154 g/mol. The minimum Gasteiger partial charge on any atom is -0.298 e. The number of nitrogens with one attached hydrogen (secondary N) is 1. The topological polar surface area (TPSA) is 95.2 Å². The van der Waals surface area contributed by atoms with Crippen molar-refractivity contribution in [2.24, 2.45) is 0 Å². The summed E-state index contributed by atoms with van der Waals surface area (Å²) in [4.78, 5) is 0. The minimum absolute atomic E-state index is 0.0194. The third-order valence-corrected chi connectivity index (χ3v) is 1.43. The van der Waals surface area contributed by atoms with Crippen molar-refractivity contribution in [1.29, 1.82) is 21.2 Å². The smallest absolute Gasteiger partial charge is 0.103 e. The molecular weight excluding hydrogens is 152 g/mol. The molecule has 1 N–H and O–H groups in total. The Hall–Kier alpha value is -2.38. The highest BCUT2D eigenvalue weighted by molar-refractivity contribution is 6.19. The zero-order chi connectivity index (χ0) is 9.14. The summed E-state index contributed by atoms with van der Waals surface area (Å²) in [6.45, 7) is 0. The fourth-order valence-electron chi connectivity index (χ4n) is 0.850. The lowest BCUT2D eigenvalue weighted by Crippen LogP contribution is -1.97. The lowest BCUT2D eigenvalue weighted by Gasteiger charge is -1.88. The molecule has 0 bridgehead atoms. The highest BCUT2D eigenvalue weighted by atomic mass is 14.5. The maximum absolute atomic E-state index is 8.51. The summed E-state index contributed by atoms with van der Waals surface area (Å²) in [5.41, 5.74) is -0.00671. The van der Waals surface area contributed by atoms with E-state index in [2.05, 4.69) is 0 Å². The van der Waals surface area contributed by atoms with Crippen LogP contribution in [-0.4, -0.2) is 5.71 Å². The molecule has 0 atom stereocenters. The number of nitrogens with zero attached hydrogens (tertiary/aromatic N) is 3. The van der Waals surface area contributed by atoms with Crippen LogP contribution in [0.4, 0.5) is 0 Å². The summed E-state index contributed by atoms with van der Waals surface area (Å²) in [5, 5.41) is 32.7. The van der Waals surface area contributed by atoms with E-state index in [1.165, 1.54) is 6.08 Å². The number of hydrogen-bond donors (Lipinski definition) is 1. The van der Waals surface area contributed by atoms with Crippen LogP contribution in [0.25, 0.3) is 0 Å². The van der Waals surface area contributed by atoms with Crippen LogP contribution in [0.1, 0.15) is 0 Å². The number of nitriles is 3. The molecule has 0 fully saturated rings. The van der Waals surface area contributed by atoms with E-state index in [1.54, 1.807) is 18.2 Å². The van der Waals surface area contributed by atoms with Crippen molar-refractivity contribution in [2.45, 2.75) is 0 Å². The molecular formula is C8H2N4. The van der Waals surface area contributed by atoms with Gasteiger partial charge in [-0.3, -0.25) is 5.41 Å². The Balaban J connectivity index is 3.29. The van der Waals surface area contributed by atoms with Gasteiger partial charge in [0.05, 0.1) is 22.4 Å². The van der Waals surface area contributed by atoms with Gasteiger partial charge in [0, 0.05) is 0 Å². The normalized spacial score (nSPS) is 14.8. The number of allylic oxidation sites excluding steroid dienone is 4. The molecule has 4 heteroatoms. The third-order valence-electron chi connectivity index (χ3n) is 1.43. The number of hydrogen-bond acceptors (Lipinski definition) is 4. The van der Waals surface area contributed by atoms with Crippen LogP contribution in [0.3, 0.4) is 0 Å². The van der Waals surface area contributed by atoms with E-state index in [4.69, 9.17) is 21.2 Å². The first-order valence-corrected chi connectivity index (χ1v) is 3.00. The summed E-state index contributed by atoms with van der Waals surface area (Å²) in [6, 6.07) is 5.19. The van der Waals surface area contributed by atoms with Crippen molar-refractivity contribution in [3.05, 3.63) is 22.8 Å². The molecule has 0 radical (unpaired) electrons. The fourth-order valence-corrected chi connectivity index (χ4v) is 0.850. The van der Waals surface area contributed by atoms with Crippen molar-refractivity contribution < 1.29 is 0 Å². The van der Waals surface area contributed by atoms with Crippen LogP contribution >= 0.6 is 0 Å². The van der Waals surface area contributed by atoms with E-state index < -0.39 is 0 Å². The van der Waals surface area contributed by atoms with Crippen LogP contribution in [0, 0.1) is 39.4 Å². The van der Waals surface area contributed by atoms with E-state index in [0.717, 1.165) is 0 Å². The Morgan fingerprint density at radius 1 is 1.08 bits per heavy atom. The van der Waals surface area contributed by atoms with Crippen LogP contribution in [0.5, 0.6) is 0 Å². The fraction of sp³-hybridized carbons (Fsp3) is 0. The van der Waals surface area contributed by atoms with Gasteiger partial charge in [0.2, 0.25) is 0 Å². The molecule has 0 aromatic rings. The van der Waals surface area contributed by atoms with Gasteiger partial charge in [-0.1, -0.05) is 0 Å². The Kier molecular flexibility index (Phi) is 1.74. The van der Waals surface area contributed by atoms with E-state index in [9.17, 15) is 0 Å². The standard InChI is InChI=1S/C8H2N4/c9-2-5-1-6(3-10)8(12)7(5)4-11/h1,12H. The molecule has 0 aromatic heterocycles. The molecule has 0 heterocycles. The largest absolute Gasteiger partial charge is 0.298 e. The summed E-state index contributed by atoms with van der Waals surface area (Å²) < 4.78 is 0. The van der Waals surface area contributed by atoms with Crippen LogP contribution in [0.2, 0.25) is 0 Å². The molecule has 4 nitrogen and oxygen atoms in total. The van der Waals surface area contributed by atoms with E-state index in [-0.39, 0.29) is 22.4 Å². The highest BCUT2D eigenvalue weighted by Gasteiger charge is 2.21. The molecule has 0 saturated heterocycles. The van der Waals surface area contributed by atoms with Gasteiger partial charge in [-0.2, -0.15) is 15.8 Å². The van der Waals surface area contributed by atoms with Crippen molar-refractivity contribution >= 4 is 5.71 Å². The summed E-state index contributed by atoms with van der Waals surface area (Å²) >= 11 is 0. The van der Waals surface area contributed by atoms with Crippen molar-refractivity contribution in [2.75, 3.05) is 0 Å². The number of rotatable bonds is 0. The van der Waals surface area contributed by atoms with Crippen LogP contribution in [0.15, 0.2) is 22.8 Å². The van der Waals surface area contributed by atoms with Gasteiger partial charge in [0.25, 0.3) is 0 Å². The molecule has 0 unspecified atom stereocenters. The second-order valence-electron chi connectivity index (χ2n) is 2.06. The molecule has 1 aliphatic carbocycles. The highest BCUT2D eigenvalue weighted by Crippen LogP contribution is 2.20. The lowest BCUT2D eigenvalue weighted by atomic mass is 10.1. The average Bonchev–Trinajstić information content (AvgIpc) is 2.41. The van der Waals surface area contributed by atoms with E-state index in [0.29, 0.717) is 0 Å². The van der Waals surface area contributed by atoms with Crippen molar-refractivity contribution in [3.63, 3.8) is 0 Å².